The van der Waals surface area contributed by atoms with Crippen molar-refractivity contribution in [1.82, 2.24) is 0 Å². The molecule has 0 spiro atoms. The summed E-state index contributed by atoms with van der Waals surface area (Å²) in [5.41, 5.74) is 0. The van der Waals surface area contributed by atoms with Crippen molar-refractivity contribution in [3.05, 3.63) is 53.6 Å². The Morgan fingerprint density at radius 1 is 1.30 bits per heavy atom. The van der Waals surface area contributed by atoms with Gasteiger partial charge >= 0.3 is 29.6 Å². The molecule has 1 aromatic carbocycles. The molecule has 1 fully saturated rings. The number of halogens is 1. The first-order valence-electron chi connectivity index (χ1n) is 9.82. The van der Waals surface area contributed by atoms with Crippen molar-refractivity contribution in [2.75, 3.05) is 6.61 Å². The number of rotatable bonds is 11. The Hall–Kier alpha value is -0.860. The molecule has 1 saturated carbocycles. The number of aliphatic carboxylic acids is 1. The van der Waals surface area contributed by atoms with Crippen molar-refractivity contribution in [3.8, 4) is 5.75 Å². The first-order valence-corrected chi connectivity index (χ1v) is 10.2. The fraction of sp³-hybridized carbons (Fsp3) is 0.500. The number of aliphatic hydroxyl groups excluding tert-OH is 3. The van der Waals surface area contributed by atoms with Crippen LogP contribution in [0, 0.1) is 11.8 Å². The van der Waals surface area contributed by atoms with Gasteiger partial charge in [-0.1, -0.05) is 42.0 Å². The molecule has 160 valence electrons. The van der Waals surface area contributed by atoms with Crippen LogP contribution in [-0.2, 0) is 4.79 Å². The topological polar surface area (TPSA) is 110 Å². The fourth-order valence-corrected chi connectivity index (χ4v) is 3.67. The van der Waals surface area contributed by atoms with Gasteiger partial charge in [-0.25, -0.2) is 0 Å². The third-order valence-electron chi connectivity index (χ3n) is 5.01. The number of carbonyl (C=O) groups is 1. The Bertz CT molecular complexity index is 711. The summed E-state index contributed by atoms with van der Waals surface area (Å²) in [6.07, 6.45) is 6.93. The van der Waals surface area contributed by atoms with Crippen molar-refractivity contribution < 1.29 is 59.5 Å². The van der Waals surface area contributed by atoms with Gasteiger partial charge in [0.05, 0.1) is 12.2 Å². The van der Waals surface area contributed by atoms with E-state index in [0.717, 1.165) is 0 Å². The van der Waals surface area contributed by atoms with Gasteiger partial charge in [0.15, 0.2) is 0 Å². The molecule has 0 bridgehead atoms. The first-order chi connectivity index (χ1) is 13.9. The second-order valence-corrected chi connectivity index (χ2v) is 7.74. The monoisotopic (exact) mass is 446 g/mol. The number of allylic oxidation sites excluding steroid dienone is 2. The Balaban J connectivity index is 0.00000450. The van der Waals surface area contributed by atoms with E-state index in [1.165, 1.54) is 0 Å². The van der Waals surface area contributed by atoms with E-state index in [1.807, 2.05) is 12.2 Å². The second-order valence-electron chi connectivity index (χ2n) is 7.30. The third kappa shape index (κ3) is 9.52. The summed E-state index contributed by atoms with van der Waals surface area (Å²) >= 11 is 5.89. The van der Waals surface area contributed by atoms with Crippen LogP contribution < -0.4 is 39.4 Å². The van der Waals surface area contributed by atoms with Gasteiger partial charge in [-0.2, -0.15) is 0 Å². The number of ether oxygens (including phenoxy) is 1. The van der Waals surface area contributed by atoms with Crippen LogP contribution in [0.15, 0.2) is 48.6 Å². The number of benzene rings is 1. The van der Waals surface area contributed by atoms with Gasteiger partial charge in [-0.15, -0.1) is 0 Å². The van der Waals surface area contributed by atoms with Crippen molar-refractivity contribution in [1.29, 1.82) is 0 Å². The summed E-state index contributed by atoms with van der Waals surface area (Å²) in [5, 5.41) is 41.6. The zero-order valence-electron chi connectivity index (χ0n) is 17.2. The standard InChI is InChI=1S/C22H29ClO6.Na/c23-15-6-5-7-17(12-15)29-14-16(24)10-11-19-18(20(25)13-21(19)26)8-3-1-2-4-9-22(27)28;/h1,3,5-7,10-12,16,18-21,24-26H,2,4,8-9,13-14H2,(H,27,28);/q;+1/p-1/b3-1-,11-10+;/t16-,18+,19+,20-,21+;/m1./s1. The zero-order chi connectivity index (χ0) is 21.2. The van der Waals surface area contributed by atoms with Gasteiger partial charge in [0.1, 0.15) is 18.5 Å². The van der Waals surface area contributed by atoms with Crippen LogP contribution >= 0.6 is 11.6 Å². The summed E-state index contributed by atoms with van der Waals surface area (Å²) in [5.74, 6) is -0.947. The molecule has 0 heterocycles. The third-order valence-corrected chi connectivity index (χ3v) is 5.25. The smallest absolute Gasteiger partial charge is 0.550 e. The molecule has 0 saturated heterocycles. The van der Waals surface area contributed by atoms with Crippen LogP contribution in [0.2, 0.25) is 5.02 Å². The molecule has 0 aromatic heterocycles. The summed E-state index contributed by atoms with van der Waals surface area (Å²) in [7, 11) is 0. The molecular formula is C22H28ClNaO6. The fourth-order valence-electron chi connectivity index (χ4n) is 3.49. The maximum absolute atomic E-state index is 10.4. The van der Waals surface area contributed by atoms with Crippen molar-refractivity contribution in [2.24, 2.45) is 11.8 Å². The van der Waals surface area contributed by atoms with Gasteiger partial charge in [0.25, 0.3) is 0 Å². The number of carboxylic acids is 1. The molecule has 1 aliphatic carbocycles. The number of unbranched alkanes of at least 4 members (excludes halogenated alkanes) is 1. The van der Waals surface area contributed by atoms with E-state index in [2.05, 4.69) is 0 Å². The maximum atomic E-state index is 10.4. The summed E-state index contributed by atoms with van der Waals surface area (Å²) in [4.78, 5) is 10.4. The Kier molecular flexibility index (Phi) is 12.9. The molecule has 8 heteroatoms. The minimum Gasteiger partial charge on any atom is -0.550 e. The van der Waals surface area contributed by atoms with E-state index in [0.29, 0.717) is 30.0 Å². The van der Waals surface area contributed by atoms with E-state index in [4.69, 9.17) is 16.3 Å². The molecule has 1 aromatic rings. The molecule has 5 atom stereocenters. The predicted molar refractivity (Wildman–Crippen MR) is 108 cm³/mol. The first kappa shape index (κ1) is 27.2. The van der Waals surface area contributed by atoms with Crippen LogP contribution in [0.5, 0.6) is 5.75 Å². The molecule has 0 amide bonds. The van der Waals surface area contributed by atoms with Crippen LogP contribution in [0.4, 0.5) is 0 Å². The van der Waals surface area contributed by atoms with E-state index in [-0.39, 0.29) is 60.8 Å². The molecular weight excluding hydrogens is 419 g/mol. The van der Waals surface area contributed by atoms with Crippen molar-refractivity contribution in [2.45, 2.75) is 50.4 Å². The normalized spacial score (nSPS) is 24.8. The quantitative estimate of drug-likeness (QED) is 0.225. The van der Waals surface area contributed by atoms with Crippen LogP contribution in [0.3, 0.4) is 0 Å². The van der Waals surface area contributed by atoms with Gasteiger partial charge in [0, 0.05) is 23.3 Å². The molecule has 3 N–H and O–H groups in total. The second kappa shape index (κ2) is 14.2. The Morgan fingerprint density at radius 3 is 2.77 bits per heavy atom. The van der Waals surface area contributed by atoms with Gasteiger partial charge < -0.3 is 30.0 Å². The average molecular weight is 447 g/mol. The molecule has 30 heavy (non-hydrogen) atoms. The number of hydrogen-bond acceptors (Lipinski definition) is 6. The van der Waals surface area contributed by atoms with E-state index < -0.39 is 24.3 Å². The number of carbonyl (C=O) groups excluding carboxylic acids is 1. The summed E-state index contributed by atoms with van der Waals surface area (Å²) < 4.78 is 5.50. The van der Waals surface area contributed by atoms with Crippen LogP contribution in [0.1, 0.15) is 32.1 Å². The van der Waals surface area contributed by atoms with Gasteiger partial charge in [-0.3, -0.25) is 0 Å². The van der Waals surface area contributed by atoms with Gasteiger partial charge in [-0.05, 0) is 49.8 Å². The maximum Gasteiger partial charge on any atom is 1.00 e. The Labute approximate surface area is 204 Å². The molecule has 6 nitrogen and oxygen atoms in total. The zero-order valence-corrected chi connectivity index (χ0v) is 19.9. The Morgan fingerprint density at radius 2 is 2.07 bits per heavy atom. The predicted octanol–water partition coefficient (Wildman–Crippen LogP) is -1.14. The van der Waals surface area contributed by atoms with Gasteiger partial charge in [0.2, 0.25) is 0 Å². The molecule has 2 rings (SSSR count). The minimum absolute atomic E-state index is 0. The van der Waals surface area contributed by atoms with E-state index in [1.54, 1.807) is 36.4 Å². The van der Waals surface area contributed by atoms with Crippen molar-refractivity contribution in [3.63, 3.8) is 0 Å². The largest absolute Gasteiger partial charge is 1.00 e. The minimum atomic E-state index is -1.06. The van der Waals surface area contributed by atoms with Crippen molar-refractivity contribution >= 4 is 17.6 Å². The molecule has 0 radical (unpaired) electrons. The van der Waals surface area contributed by atoms with E-state index in [9.17, 15) is 25.2 Å². The summed E-state index contributed by atoms with van der Waals surface area (Å²) in [6.45, 7) is 0.0468. The number of aliphatic hydroxyl groups is 3. The van der Waals surface area contributed by atoms with Crippen LogP contribution in [-0.4, -0.2) is 46.2 Å². The molecule has 0 aliphatic heterocycles. The number of hydrogen-bond donors (Lipinski definition) is 3. The molecule has 1 aliphatic rings. The van der Waals surface area contributed by atoms with E-state index >= 15 is 0 Å². The summed E-state index contributed by atoms with van der Waals surface area (Å²) in [6, 6.07) is 6.89. The molecule has 0 unspecified atom stereocenters. The SMILES string of the molecule is O=C([O-])CCC/C=C\C[C@H]1[C@H](/C=C/[C@@H](O)COc2cccc(Cl)c2)[C@@H](O)C[C@H]1O.[Na+]. The van der Waals surface area contributed by atoms with Crippen LogP contribution in [0.25, 0.3) is 0 Å². The average Bonchev–Trinajstić information content (AvgIpc) is 2.93. The number of carboxylic acid groups (broad SMARTS) is 1.